The van der Waals surface area contributed by atoms with Crippen molar-refractivity contribution in [1.82, 2.24) is 10.6 Å². The van der Waals surface area contributed by atoms with Crippen molar-refractivity contribution < 1.29 is 9.59 Å². The third-order valence-corrected chi connectivity index (χ3v) is 4.01. The van der Waals surface area contributed by atoms with Crippen molar-refractivity contribution in [1.29, 1.82) is 0 Å². The molecule has 0 saturated carbocycles. The first-order chi connectivity index (χ1) is 12.2. The molecule has 0 aromatic rings. The Morgan fingerprint density at radius 2 is 1.96 bits per heavy atom. The molecule has 26 heavy (non-hydrogen) atoms. The number of nitrogens with one attached hydrogen (secondary N) is 2. The summed E-state index contributed by atoms with van der Waals surface area (Å²) < 4.78 is 0. The molecule has 4 heteroatoms. The van der Waals surface area contributed by atoms with Crippen LogP contribution in [0.4, 0.5) is 0 Å². The average Bonchev–Trinajstić information content (AvgIpc) is 2.57. The normalized spacial score (nSPS) is 21.1. The van der Waals surface area contributed by atoms with Crippen LogP contribution in [0.15, 0.2) is 61.3 Å². The fourth-order valence-corrected chi connectivity index (χ4v) is 2.76. The lowest BCUT2D eigenvalue weighted by molar-refractivity contribution is -0.130. The van der Waals surface area contributed by atoms with Gasteiger partial charge in [0.2, 0.25) is 11.8 Å². The second kappa shape index (κ2) is 9.95. The third kappa shape index (κ3) is 7.68. The molecule has 2 atom stereocenters. The SMILES string of the molecule is C=C/C=C\C=C\C1(C[C@H](NC(=O)CC)C(=O)NC(C)(C)C)C=CC=CC1. The number of carbonyl (C=O) groups excluding carboxylic acids is 2. The molecule has 1 aliphatic carbocycles. The Labute approximate surface area is 157 Å². The highest BCUT2D eigenvalue weighted by atomic mass is 16.2. The number of allylic oxidation sites excluding steroid dienone is 9. The van der Waals surface area contributed by atoms with E-state index in [9.17, 15) is 9.59 Å². The van der Waals surface area contributed by atoms with Gasteiger partial charge in [-0.25, -0.2) is 0 Å². The minimum Gasteiger partial charge on any atom is -0.350 e. The van der Waals surface area contributed by atoms with Gasteiger partial charge in [-0.15, -0.1) is 0 Å². The maximum atomic E-state index is 12.8. The molecule has 0 spiro atoms. The molecule has 142 valence electrons. The molecule has 0 aromatic heterocycles. The molecular weight excluding hydrogens is 324 g/mol. The van der Waals surface area contributed by atoms with Crippen molar-refractivity contribution in [3.05, 3.63) is 61.3 Å². The molecule has 0 saturated heterocycles. The predicted molar refractivity (Wildman–Crippen MR) is 109 cm³/mol. The van der Waals surface area contributed by atoms with Crippen molar-refractivity contribution in [2.24, 2.45) is 5.41 Å². The second-order valence-corrected chi connectivity index (χ2v) is 7.62. The van der Waals surface area contributed by atoms with Crippen molar-refractivity contribution in [2.45, 2.75) is 58.5 Å². The molecule has 0 fully saturated rings. The first-order valence-corrected chi connectivity index (χ1v) is 9.14. The van der Waals surface area contributed by atoms with Crippen LogP contribution in [0.5, 0.6) is 0 Å². The van der Waals surface area contributed by atoms with Crippen molar-refractivity contribution in [3.8, 4) is 0 Å². The van der Waals surface area contributed by atoms with E-state index in [4.69, 9.17) is 0 Å². The van der Waals surface area contributed by atoms with Gasteiger partial charge in [0.05, 0.1) is 0 Å². The van der Waals surface area contributed by atoms with Crippen LogP contribution < -0.4 is 10.6 Å². The van der Waals surface area contributed by atoms with Gasteiger partial charge in [-0.3, -0.25) is 9.59 Å². The zero-order chi connectivity index (χ0) is 19.6. The zero-order valence-electron chi connectivity index (χ0n) is 16.4. The summed E-state index contributed by atoms with van der Waals surface area (Å²) in [7, 11) is 0. The van der Waals surface area contributed by atoms with Crippen molar-refractivity contribution >= 4 is 11.8 Å². The summed E-state index contributed by atoms with van der Waals surface area (Å²) >= 11 is 0. The molecule has 1 rings (SSSR count). The van der Waals surface area contributed by atoms with Crippen LogP contribution >= 0.6 is 0 Å². The van der Waals surface area contributed by atoms with Crippen LogP contribution in [0.25, 0.3) is 0 Å². The molecule has 0 bridgehead atoms. The Bertz CT molecular complexity index is 621. The quantitative estimate of drug-likeness (QED) is 0.646. The Morgan fingerprint density at radius 3 is 2.50 bits per heavy atom. The summed E-state index contributed by atoms with van der Waals surface area (Å²) in [5, 5.41) is 5.87. The van der Waals surface area contributed by atoms with E-state index in [1.807, 2.05) is 51.2 Å². The van der Waals surface area contributed by atoms with Crippen LogP contribution in [0.1, 0.15) is 47.0 Å². The maximum Gasteiger partial charge on any atom is 0.243 e. The van der Waals surface area contributed by atoms with Crippen LogP contribution in [0.3, 0.4) is 0 Å². The second-order valence-electron chi connectivity index (χ2n) is 7.62. The van der Waals surface area contributed by atoms with Gasteiger partial charge in [-0.05, 0) is 33.6 Å². The van der Waals surface area contributed by atoms with Gasteiger partial charge >= 0.3 is 0 Å². The van der Waals surface area contributed by atoms with E-state index in [-0.39, 0.29) is 22.8 Å². The molecule has 1 aliphatic rings. The fraction of sp³-hybridized carbons (Fsp3) is 0.455. The lowest BCUT2D eigenvalue weighted by Crippen LogP contribution is -2.53. The Balaban J connectivity index is 3.07. The molecule has 0 heterocycles. The minimum absolute atomic E-state index is 0.125. The maximum absolute atomic E-state index is 12.8. The molecule has 2 N–H and O–H groups in total. The van der Waals surface area contributed by atoms with Crippen LogP contribution in [-0.2, 0) is 9.59 Å². The third-order valence-electron chi connectivity index (χ3n) is 4.01. The number of rotatable bonds is 8. The lowest BCUT2D eigenvalue weighted by atomic mass is 9.75. The highest BCUT2D eigenvalue weighted by Gasteiger charge is 2.33. The van der Waals surface area contributed by atoms with Crippen LogP contribution in [-0.4, -0.2) is 23.4 Å². The zero-order valence-corrected chi connectivity index (χ0v) is 16.4. The minimum atomic E-state index is -0.592. The summed E-state index contributed by atoms with van der Waals surface area (Å²) in [4.78, 5) is 24.8. The van der Waals surface area contributed by atoms with Gasteiger partial charge < -0.3 is 10.6 Å². The van der Waals surface area contributed by atoms with Gasteiger partial charge in [-0.1, -0.05) is 68.2 Å². The number of hydrogen-bond acceptors (Lipinski definition) is 2. The highest BCUT2D eigenvalue weighted by Crippen LogP contribution is 2.35. The van der Waals surface area contributed by atoms with E-state index >= 15 is 0 Å². The van der Waals surface area contributed by atoms with E-state index < -0.39 is 6.04 Å². The van der Waals surface area contributed by atoms with Gasteiger partial charge in [-0.2, -0.15) is 0 Å². The number of amides is 2. The molecule has 0 aromatic carbocycles. The summed E-state index contributed by atoms with van der Waals surface area (Å²) in [6.45, 7) is 11.2. The van der Waals surface area contributed by atoms with Gasteiger partial charge in [0.15, 0.2) is 0 Å². The van der Waals surface area contributed by atoms with E-state index in [1.54, 1.807) is 13.0 Å². The molecule has 4 nitrogen and oxygen atoms in total. The van der Waals surface area contributed by atoms with Crippen LogP contribution in [0, 0.1) is 5.41 Å². The topological polar surface area (TPSA) is 58.2 Å². The van der Waals surface area contributed by atoms with E-state index in [2.05, 4.69) is 35.4 Å². The molecule has 0 radical (unpaired) electrons. The first-order valence-electron chi connectivity index (χ1n) is 9.14. The fourth-order valence-electron chi connectivity index (χ4n) is 2.76. The Hall–Kier alpha value is -2.36. The summed E-state index contributed by atoms with van der Waals surface area (Å²) in [6.07, 6.45) is 19.3. The first kappa shape index (κ1) is 21.7. The largest absolute Gasteiger partial charge is 0.350 e. The molecule has 1 unspecified atom stereocenters. The Kier molecular flexibility index (Phi) is 8.30. The molecule has 2 amide bonds. The lowest BCUT2D eigenvalue weighted by Gasteiger charge is -2.33. The van der Waals surface area contributed by atoms with Gasteiger partial charge in [0.25, 0.3) is 0 Å². The monoisotopic (exact) mass is 356 g/mol. The smallest absolute Gasteiger partial charge is 0.243 e. The Morgan fingerprint density at radius 1 is 1.23 bits per heavy atom. The highest BCUT2D eigenvalue weighted by molar-refractivity contribution is 5.88. The van der Waals surface area contributed by atoms with E-state index in [0.717, 1.165) is 6.42 Å². The summed E-state index contributed by atoms with van der Waals surface area (Å²) in [5.41, 5.74) is -0.675. The molecule has 0 aliphatic heterocycles. The van der Waals surface area contributed by atoms with E-state index in [0.29, 0.717) is 12.8 Å². The van der Waals surface area contributed by atoms with E-state index in [1.165, 1.54) is 0 Å². The number of carbonyl (C=O) groups is 2. The van der Waals surface area contributed by atoms with Gasteiger partial charge in [0.1, 0.15) is 6.04 Å². The molecular formula is C22H32N2O2. The summed E-state index contributed by atoms with van der Waals surface area (Å²) in [5.74, 6) is -0.281. The van der Waals surface area contributed by atoms with Crippen molar-refractivity contribution in [3.63, 3.8) is 0 Å². The summed E-state index contributed by atoms with van der Waals surface area (Å²) in [6, 6.07) is -0.592. The standard InChI is InChI=1S/C22H32N2O2/c1-6-8-9-11-14-22(15-12-10-13-16-22)17-18(23-19(25)7-2)20(26)24-21(3,4)5/h6,8-15,18H,1,7,16-17H2,2-5H3,(H,23,25)(H,24,26)/b9-8-,14-11+/t18-,22?/m0/s1. The predicted octanol–water partition coefficient (Wildman–Crippen LogP) is 3.99. The van der Waals surface area contributed by atoms with Gasteiger partial charge in [0, 0.05) is 17.4 Å². The average molecular weight is 357 g/mol. The number of hydrogen-bond donors (Lipinski definition) is 2. The van der Waals surface area contributed by atoms with Crippen molar-refractivity contribution in [2.75, 3.05) is 0 Å². The van der Waals surface area contributed by atoms with Crippen LogP contribution in [0.2, 0.25) is 0 Å².